The van der Waals surface area contributed by atoms with Crippen LogP contribution >= 0.6 is 8.60 Å². The van der Waals surface area contributed by atoms with Crippen molar-refractivity contribution >= 4 is 8.60 Å². The Morgan fingerprint density at radius 3 is 1.00 bits per heavy atom. The maximum Gasteiger partial charge on any atom is 3.00 e. The molecule has 0 bridgehead atoms. The van der Waals surface area contributed by atoms with Gasteiger partial charge in [-0.2, -0.15) is 0 Å². The van der Waals surface area contributed by atoms with Gasteiger partial charge in [-0.1, -0.05) is 0 Å². The molecular formula is O3PV. The molecule has 3 nitrogen and oxygen atoms in total. The predicted octanol–water partition coefficient (Wildman–Crippen LogP) is -2.71. The molecule has 0 heterocycles. The van der Waals surface area contributed by atoms with Crippen LogP contribution in [0, 0.1) is 0 Å². The molecule has 0 N–H and O–H groups in total. The van der Waals surface area contributed by atoms with E-state index in [1.807, 2.05) is 0 Å². The first-order chi connectivity index (χ1) is 1.73. The van der Waals surface area contributed by atoms with Crippen LogP contribution in [0.2, 0.25) is 0 Å². The minimum absolute atomic E-state index is 0. The average molecular weight is 130 g/mol. The van der Waals surface area contributed by atoms with Crippen molar-refractivity contribution in [2.24, 2.45) is 0 Å². The van der Waals surface area contributed by atoms with Gasteiger partial charge < -0.3 is 23.3 Å². The van der Waals surface area contributed by atoms with E-state index in [-0.39, 0.29) is 18.6 Å². The summed E-state index contributed by atoms with van der Waals surface area (Å²) >= 11 is 0. The maximum absolute atomic E-state index is 8.48. The van der Waals surface area contributed by atoms with E-state index in [2.05, 4.69) is 0 Å². The van der Waals surface area contributed by atoms with Gasteiger partial charge >= 0.3 is 18.6 Å². The van der Waals surface area contributed by atoms with E-state index in [0.717, 1.165) is 0 Å². The van der Waals surface area contributed by atoms with Crippen LogP contribution in [0.5, 0.6) is 0 Å². The maximum atomic E-state index is 8.48. The molecular weight excluding hydrogens is 130 g/mol. The van der Waals surface area contributed by atoms with Gasteiger partial charge in [-0.3, -0.25) is 0 Å². The van der Waals surface area contributed by atoms with Gasteiger partial charge in [-0.15, -0.1) is 0 Å². The SMILES string of the molecule is [O-]P([O-])[O-].[V+3]. The number of rotatable bonds is 0. The standard InChI is InChI=1S/O3P.V/c1-4(2)3;/q-3;+3. The van der Waals surface area contributed by atoms with Crippen LogP contribution in [0.15, 0.2) is 0 Å². The molecule has 0 aliphatic heterocycles. The Balaban J connectivity index is 0. The Morgan fingerprint density at radius 1 is 1.00 bits per heavy atom. The molecule has 0 aliphatic carbocycles. The summed E-state index contributed by atoms with van der Waals surface area (Å²) in [4.78, 5) is 25.4. The predicted molar refractivity (Wildman–Crippen MR) is 6.92 cm³/mol. The fourth-order valence-corrected chi connectivity index (χ4v) is 0. The van der Waals surface area contributed by atoms with Crippen LogP contribution in [0.4, 0.5) is 0 Å². The largest absolute Gasteiger partial charge is 3.00 e. The van der Waals surface area contributed by atoms with Gasteiger partial charge in [-0.25, -0.2) is 0 Å². The summed E-state index contributed by atoms with van der Waals surface area (Å²) in [6.07, 6.45) is 0. The zero-order valence-corrected chi connectivity index (χ0v) is 4.41. The third-order valence-electron chi connectivity index (χ3n) is 0. The fraction of sp³-hybridized carbons (Fsp3) is 0. The topological polar surface area (TPSA) is 69.2 Å². The monoisotopic (exact) mass is 130 g/mol. The molecule has 5 heteroatoms. The van der Waals surface area contributed by atoms with Crippen LogP contribution in [0.3, 0.4) is 0 Å². The van der Waals surface area contributed by atoms with Crippen LogP contribution in [-0.4, -0.2) is 0 Å². The first-order valence-electron chi connectivity index (χ1n) is 0.548. The van der Waals surface area contributed by atoms with Crippen molar-refractivity contribution in [2.75, 3.05) is 0 Å². The summed E-state index contributed by atoms with van der Waals surface area (Å²) in [5.41, 5.74) is 0. The molecule has 0 unspecified atom stereocenters. The summed E-state index contributed by atoms with van der Waals surface area (Å²) in [6, 6.07) is 0. The van der Waals surface area contributed by atoms with Gasteiger partial charge in [0.25, 0.3) is 0 Å². The van der Waals surface area contributed by atoms with Gasteiger partial charge in [0, 0.05) is 0 Å². The summed E-state index contributed by atoms with van der Waals surface area (Å²) in [7, 11) is -3.37. The van der Waals surface area contributed by atoms with Crippen molar-refractivity contribution in [2.45, 2.75) is 0 Å². The van der Waals surface area contributed by atoms with Gasteiger partial charge in [-0.05, 0) is 0 Å². The second-order valence-electron chi connectivity index (χ2n) is 0.224. The van der Waals surface area contributed by atoms with Crippen LogP contribution in [0.25, 0.3) is 0 Å². The minimum Gasteiger partial charge on any atom is -0.854 e. The Kier molecular flexibility index (Phi) is 9.11. The summed E-state index contributed by atoms with van der Waals surface area (Å²) in [6.45, 7) is 0. The van der Waals surface area contributed by atoms with Crippen molar-refractivity contribution in [1.82, 2.24) is 0 Å². The van der Waals surface area contributed by atoms with Crippen LogP contribution in [-0.2, 0) is 18.6 Å². The summed E-state index contributed by atoms with van der Waals surface area (Å²) in [5.74, 6) is 0. The van der Waals surface area contributed by atoms with Crippen molar-refractivity contribution in [1.29, 1.82) is 0 Å². The normalized spacial score (nSPS) is 7.20. The minimum atomic E-state index is -3.37. The Bertz CT molecular complexity index is 11.6. The quantitative estimate of drug-likeness (QED) is 0.335. The molecule has 0 amide bonds. The molecule has 0 aromatic carbocycles. The molecule has 0 saturated heterocycles. The van der Waals surface area contributed by atoms with Gasteiger partial charge in [0.2, 0.25) is 0 Å². The van der Waals surface area contributed by atoms with Crippen molar-refractivity contribution in [3.8, 4) is 0 Å². The van der Waals surface area contributed by atoms with E-state index < -0.39 is 8.60 Å². The van der Waals surface area contributed by atoms with E-state index >= 15 is 0 Å². The molecule has 0 rings (SSSR count). The molecule has 0 aromatic rings. The smallest absolute Gasteiger partial charge is 0.854 e. The Morgan fingerprint density at radius 2 is 1.00 bits per heavy atom. The van der Waals surface area contributed by atoms with Crippen molar-refractivity contribution in [3.05, 3.63) is 0 Å². The third kappa shape index (κ3) is 51.3. The average Bonchev–Trinajstić information content (AvgIpc) is 0.811. The van der Waals surface area contributed by atoms with Crippen LogP contribution in [0.1, 0.15) is 0 Å². The van der Waals surface area contributed by atoms with E-state index in [1.165, 1.54) is 0 Å². The van der Waals surface area contributed by atoms with Crippen molar-refractivity contribution < 1.29 is 33.2 Å². The second-order valence-corrected chi connectivity index (χ2v) is 0.671. The first kappa shape index (κ1) is 9.31. The molecule has 0 radical (unpaired) electrons. The zero-order valence-electron chi connectivity index (χ0n) is 2.12. The molecule has 0 spiro atoms. The van der Waals surface area contributed by atoms with E-state index in [4.69, 9.17) is 14.7 Å². The van der Waals surface area contributed by atoms with E-state index in [9.17, 15) is 0 Å². The van der Waals surface area contributed by atoms with E-state index in [1.54, 1.807) is 0 Å². The summed E-state index contributed by atoms with van der Waals surface area (Å²) in [5, 5.41) is 0. The second kappa shape index (κ2) is 4.89. The molecule has 0 aliphatic rings. The Hall–Kier alpha value is 0.894. The molecule has 0 aromatic heterocycles. The fourth-order valence-electron chi connectivity index (χ4n) is 0. The van der Waals surface area contributed by atoms with Gasteiger partial charge in [0.05, 0.1) is 0 Å². The van der Waals surface area contributed by atoms with Crippen molar-refractivity contribution in [3.63, 3.8) is 0 Å². The van der Waals surface area contributed by atoms with Gasteiger partial charge in [0.1, 0.15) is 0 Å². The number of hydrogen-bond acceptors (Lipinski definition) is 3. The molecule has 5 heavy (non-hydrogen) atoms. The van der Waals surface area contributed by atoms with E-state index in [0.29, 0.717) is 0 Å². The molecule has 0 saturated carbocycles. The zero-order chi connectivity index (χ0) is 3.58. The van der Waals surface area contributed by atoms with Crippen LogP contribution < -0.4 is 14.7 Å². The third-order valence-corrected chi connectivity index (χ3v) is 0. The first-order valence-corrected chi connectivity index (χ1v) is 1.64. The molecule has 0 fully saturated rings. The Labute approximate surface area is 42.5 Å². The van der Waals surface area contributed by atoms with Gasteiger partial charge in [0.15, 0.2) is 0 Å². The molecule has 28 valence electrons. The number of hydrogen-bond donors (Lipinski definition) is 0. The molecule has 0 atom stereocenters. The summed E-state index contributed by atoms with van der Waals surface area (Å²) < 4.78 is 0.